The van der Waals surface area contributed by atoms with Crippen molar-refractivity contribution >= 4 is 28.3 Å². The van der Waals surface area contributed by atoms with Crippen LogP contribution in [0.15, 0.2) is 52.9 Å². The van der Waals surface area contributed by atoms with Crippen molar-refractivity contribution in [3.63, 3.8) is 0 Å². The summed E-state index contributed by atoms with van der Waals surface area (Å²) < 4.78 is 5.56. The van der Waals surface area contributed by atoms with Crippen molar-refractivity contribution in [2.75, 3.05) is 5.32 Å². The van der Waals surface area contributed by atoms with Gasteiger partial charge < -0.3 is 9.73 Å². The SMILES string of the molecule is CC(C)c1ccc(NCc2c(Cl)oc3ccccc23)cc1. The zero-order chi connectivity index (χ0) is 14.8. The lowest BCUT2D eigenvalue weighted by molar-refractivity contribution is 0.613. The minimum absolute atomic E-state index is 0.461. The number of hydrogen-bond acceptors (Lipinski definition) is 2. The number of nitrogens with one attached hydrogen (secondary N) is 1. The van der Waals surface area contributed by atoms with Crippen molar-refractivity contribution in [3.05, 3.63) is 64.9 Å². The number of para-hydroxylation sites is 1. The van der Waals surface area contributed by atoms with Crippen molar-refractivity contribution in [2.45, 2.75) is 26.3 Å². The van der Waals surface area contributed by atoms with E-state index in [1.54, 1.807) is 0 Å². The summed E-state index contributed by atoms with van der Waals surface area (Å²) in [5, 5.41) is 4.93. The molecule has 1 heterocycles. The third kappa shape index (κ3) is 2.91. The molecule has 0 unspecified atom stereocenters. The van der Waals surface area contributed by atoms with E-state index in [2.05, 4.69) is 43.4 Å². The molecule has 2 aromatic carbocycles. The molecule has 1 aromatic heterocycles. The molecule has 3 aromatic rings. The van der Waals surface area contributed by atoms with Gasteiger partial charge in [-0.05, 0) is 41.3 Å². The van der Waals surface area contributed by atoms with Crippen molar-refractivity contribution < 1.29 is 4.42 Å². The Balaban J connectivity index is 1.78. The Morgan fingerprint density at radius 1 is 1.05 bits per heavy atom. The second-order valence-electron chi connectivity index (χ2n) is 5.48. The van der Waals surface area contributed by atoms with Gasteiger partial charge >= 0.3 is 0 Å². The molecule has 0 aliphatic rings. The highest BCUT2D eigenvalue weighted by molar-refractivity contribution is 6.30. The van der Waals surface area contributed by atoms with Gasteiger partial charge in [-0.3, -0.25) is 0 Å². The van der Waals surface area contributed by atoms with Gasteiger partial charge in [0, 0.05) is 23.2 Å². The van der Waals surface area contributed by atoms with Gasteiger partial charge in [0.05, 0.1) is 0 Å². The van der Waals surface area contributed by atoms with Gasteiger partial charge in [-0.2, -0.15) is 0 Å². The van der Waals surface area contributed by atoms with Crippen molar-refractivity contribution in [1.29, 1.82) is 0 Å². The zero-order valence-electron chi connectivity index (χ0n) is 12.2. The normalized spacial score (nSPS) is 11.2. The highest BCUT2D eigenvalue weighted by atomic mass is 35.5. The molecule has 0 saturated heterocycles. The smallest absolute Gasteiger partial charge is 0.199 e. The molecule has 108 valence electrons. The van der Waals surface area contributed by atoms with Crippen LogP contribution >= 0.6 is 11.6 Å². The molecule has 0 saturated carbocycles. The lowest BCUT2D eigenvalue weighted by Gasteiger charge is -2.09. The van der Waals surface area contributed by atoms with Crippen LogP contribution in [0, 0.1) is 0 Å². The van der Waals surface area contributed by atoms with E-state index in [1.807, 2.05) is 24.3 Å². The number of rotatable bonds is 4. The number of halogens is 1. The van der Waals surface area contributed by atoms with E-state index in [4.69, 9.17) is 16.0 Å². The van der Waals surface area contributed by atoms with E-state index in [0.717, 1.165) is 22.2 Å². The molecule has 0 spiro atoms. The first-order valence-electron chi connectivity index (χ1n) is 7.15. The summed E-state index contributed by atoms with van der Waals surface area (Å²) in [6, 6.07) is 16.4. The average Bonchev–Trinajstić information content (AvgIpc) is 2.81. The zero-order valence-corrected chi connectivity index (χ0v) is 12.9. The van der Waals surface area contributed by atoms with Crippen LogP contribution in [0.5, 0.6) is 0 Å². The molecular weight excluding hydrogens is 282 g/mol. The maximum Gasteiger partial charge on any atom is 0.199 e. The second kappa shape index (κ2) is 5.82. The van der Waals surface area contributed by atoms with Crippen LogP contribution in [-0.2, 0) is 6.54 Å². The van der Waals surface area contributed by atoms with Gasteiger partial charge in [0.1, 0.15) is 5.58 Å². The van der Waals surface area contributed by atoms with Crippen molar-refractivity contribution in [1.82, 2.24) is 0 Å². The summed E-state index contributed by atoms with van der Waals surface area (Å²) in [4.78, 5) is 0. The lowest BCUT2D eigenvalue weighted by atomic mass is 10.0. The van der Waals surface area contributed by atoms with E-state index in [-0.39, 0.29) is 0 Å². The Morgan fingerprint density at radius 3 is 2.48 bits per heavy atom. The second-order valence-corrected chi connectivity index (χ2v) is 5.82. The molecule has 0 aliphatic carbocycles. The van der Waals surface area contributed by atoms with Crippen LogP contribution in [0.2, 0.25) is 5.22 Å². The molecule has 3 heteroatoms. The van der Waals surface area contributed by atoms with E-state index in [0.29, 0.717) is 17.7 Å². The Kier molecular flexibility index (Phi) is 3.89. The Morgan fingerprint density at radius 2 is 1.76 bits per heavy atom. The summed E-state index contributed by atoms with van der Waals surface area (Å²) in [6.07, 6.45) is 0. The molecule has 0 radical (unpaired) electrons. The number of hydrogen-bond donors (Lipinski definition) is 1. The Hall–Kier alpha value is -1.93. The minimum Gasteiger partial charge on any atom is -0.444 e. The quantitative estimate of drug-likeness (QED) is 0.656. The summed E-state index contributed by atoms with van der Waals surface area (Å²) in [7, 11) is 0. The Labute approximate surface area is 129 Å². The monoisotopic (exact) mass is 299 g/mol. The molecule has 21 heavy (non-hydrogen) atoms. The van der Waals surface area contributed by atoms with Gasteiger partial charge in [0.2, 0.25) is 0 Å². The van der Waals surface area contributed by atoms with Crippen LogP contribution < -0.4 is 5.32 Å². The molecular formula is C18H18ClNO. The van der Waals surface area contributed by atoms with E-state index in [1.165, 1.54) is 5.56 Å². The molecule has 0 bridgehead atoms. The molecule has 3 rings (SSSR count). The fourth-order valence-electron chi connectivity index (χ4n) is 2.41. The maximum atomic E-state index is 6.19. The first kappa shape index (κ1) is 14.0. The van der Waals surface area contributed by atoms with E-state index < -0.39 is 0 Å². The third-order valence-electron chi connectivity index (χ3n) is 3.70. The molecule has 0 aliphatic heterocycles. The largest absolute Gasteiger partial charge is 0.444 e. The number of fused-ring (bicyclic) bond motifs is 1. The molecule has 0 amide bonds. The van der Waals surface area contributed by atoms with Gasteiger partial charge in [0.25, 0.3) is 0 Å². The standard InChI is InChI=1S/C18H18ClNO/c1-12(2)13-7-9-14(10-8-13)20-11-16-15-5-3-4-6-17(15)21-18(16)19/h3-10,12,20H,11H2,1-2H3. The van der Waals surface area contributed by atoms with Gasteiger partial charge in [0.15, 0.2) is 5.22 Å². The first-order valence-corrected chi connectivity index (χ1v) is 7.52. The number of furan rings is 1. The predicted molar refractivity (Wildman–Crippen MR) is 89.1 cm³/mol. The molecule has 0 fully saturated rings. The number of benzene rings is 2. The van der Waals surface area contributed by atoms with Crippen LogP contribution in [0.4, 0.5) is 5.69 Å². The highest BCUT2D eigenvalue weighted by Crippen LogP contribution is 2.30. The summed E-state index contributed by atoms with van der Waals surface area (Å²) >= 11 is 6.19. The predicted octanol–water partition coefficient (Wildman–Crippen LogP) is 5.82. The third-order valence-corrected chi connectivity index (χ3v) is 4.00. The summed E-state index contributed by atoms with van der Waals surface area (Å²) in [6.45, 7) is 5.04. The molecule has 1 N–H and O–H groups in total. The summed E-state index contributed by atoms with van der Waals surface area (Å²) in [5.41, 5.74) is 4.25. The van der Waals surface area contributed by atoms with Crippen molar-refractivity contribution in [3.8, 4) is 0 Å². The fourth-order valence-corrected chi connectivity index (χ4v) is 2.66. The van der Waals surface area contributed by atoms with Crippen LogP contribution in [0.25, 0.3) is 11.0 Å². The highest BCUT2D eigenvalue weighted by Gasteiger charge is 2.11. The van der Waals surface area contributed by atoms with Crippen LogP contribution in [-0.4, -0.2) is 0 Å². The van der Waals surface area contributed by atoms with Gasteiger partial charge in [-0.25, -0.2) is 0 Å². The summed E-state index contributed by atoms with van der Waals surface area (Å²) in [5.74, 6) is 0.548. The average molecular weight is 300 g/mol. The van der Waals surface area contributed by atoms with Crippen LogP contribution in [0.1, 0.15) is 30.9 Å². The Bertz CT molecular complexity index is 744. The van der Waals surface area contributed by atoms with E-state index in [9.17, 15) is 0 Å². The minimum atomic E-state index is 0.461. The molecule has 0 atom stereocenters. The lowest BCUT2D eigenvalue weighted by Crippen LogP contribution is -1.99. The van der Waals surface area contributed by atoms with Crippen molar-refractivity contribution in [2.24, 2.45) is 0 Å². The first-order chi connectivity index (χ1) is 10.1. The topological polar surface area (TPSA) is 25.2 Å². The van der Waals surface area contributed by atoms with E-state index >= 15 is 0 Å². The van der Waals surface area contributed by atoms with Crippen LogP contribution in [0.3, 0.4) is 0 Å². The van der Waals surface area contributed by atoms with Gasteiger partial charge in [-0.1, -0.05) is 44.2 Å². The number of anilines is 1. The maximum absolute atomic E-state index is 6.19. The molecule has 2 nitrogen and oxygen atoms in total. The van der Waals surface area contributed by atoms with Gasteiger partial charge in [-0.15, -0.1) is 0 Å². The fraction of sp³-hybridized carbons (Fsp3) is 0.222.